The van der Waals surface area contributed by atoms with Gasteiger partial charge >= 0.3 is 5.30 Å². The monoisotopic (exact) mass is 330 g/mol. The van der Waals surface area contributed by atoms with Gasteiger partial charge in [0.25, 0.3) is 10.0 Å². The molecular weight excluding hydrogens is 316 g/mol. The topological polar surface area (TPSA) is 91.0 Å². The number of carbonyl (C=O) groups is 1. The zero-order chi connectivity index (χ0) is 14.8. The number of nitrogens with one attached hydrogen (secondary N) is 2. The normalized spacial score (nSPS) is 23.7. The summed E-state index contributed by atoms with van der Waals surface area (Å²) in [4.78, 5) is 11.9. The molecule has 0 saturated heterocycles. The first kappa shape index (κ1) is 16.5. The van der Waals surface area contributed by atoms with Crippen LogP contribution in [-0.4, -0.2) is 49.2 Å². The SMILES string of the molecule is COC(=O)SNN(C)S(=O)(=O)C1(C)C=C(Cl)N(C)N1. The second kappa shape index (κ2) is 5.85. The number of hydrazine groups is 2. The van der Waals surface area contributed by atoms with Crippen molar-refractivity contribution >= 4 is 38.9 Å². The Bertz CT molecular complexity index is 497. The lowest BCUT2D eigenvalue weighted by atomic mass is 10.3. The summed E-state index contributed by atoms with van der Waals surface area (Å²) < 4.78 is 29.9. The number of ether oxygens (including phenoxy) is 1. The standard InChI is InChI=1S/C8H15ClN4O4S2/c1-8(5-6(9)12(2)10-8)19(15,16)13(3)11-18-7(14)17-4/h5,10-11H,1-4H3. The summed E-state index contributed by atoms with van der Waals surface area (Å²) in [6.45, 7) is 1.45. The molecule has 0 radical (unpaired) electrons. The lowest BCUT2D eigenvalue weighted by Crippen LogP contribution is -2.56. The van der Waals surface area contributed by atoms with Gasteiger partial charge in [0.15, 0.2) is 4.87 Å². The molecule has 0 aromatic carbocycles. The molecule has 1 rings (SSSR count). The molecule has 0 bridgehead atoms. The first-order valence-corrected chi connectivity index (χ1v) is 7.66. The van der Waals surface area contributed by atoms with Gasteiger partial charge in [-0.1, -0.05) is 11.6 Å². The highest BCUT2D eigenvalue weighted by Crippen LogP contribution is 2.28. The van der Waals surface area contributed by atoms with Crippen molar-refractivity contribution in [3.63, 3.8) is 0 Å². The van der Waals surface area contributed by atoms with Crippen molar-refractivity contribution in [3.8, 4) is 0 Å². The van der Waals surface area contributed by atoms with Crippen LogP contribution in [0.25, 0.3) is 0 Å². The van der Waals surface area contributed by atoms with Crippen LogP contribution in [0.3, 0.4) is 0 Å². The second-order valence-corrected chi connectivity index (χ2v) is 7.32. The second-order valence-electron chi connectivity index (χ2n) is 3.86. The molecular formula is C8H15ClN4O4S2. The molecule has 0 aromatic heterocycles. The predicted molar refractivity (Wildman–Crippen MR) is 73.1 cm³/mol. The number of nitrogens with zero attached hydrogens (tertiary/aromatic N) is 2. The number of sulfonamides is 1. The fourth-order valence-corrected chi connectivity index (χ4v) is 3.55. The Hall–Kier alpha value is -0.520. The molecule has 8 nitrogen and oxygen atoms in total. The van der Waals surface area contributed by atoms with Crippen molar-refractivity contribution in [2.45, 2.75) is 11.8 Å². The van der Waals surface area contributed by atoms with Gasteiger partial charge in [-0.25, -0.2) is 18.6 Å². The van der Waals surface area contributed by atoms with Crippen molar-refractivity contribution in [2.24, 2.45) is 0 Å². The van der Waals surface area contributed by atoms with Gasteiger partial charge in [0, 0.05) is 14.1 Å². The molecule has 0 saturated carbocycles. The minimum Gasteiger partial charge on any atom is -0.460 e. The van der Waals surface area contributed by atoms with Crippen molar-refractivity contribution in [1.29, 1.82) is 0 Å². The largest absolute Gasteiger partial charge is 0.460 e. The van der Waals surface area contributed by atoms with E-state index in [1.165, 1.54) is 32.2 Å². The van der Waals surface area contributed by atoms with E-state index in [1.807, 2.05) is 0 Å². The van der Waals surface area contributed by atoms with E-state index in [9.17, 15) is 13.2 Å². The lowest BCUT2D eigenvalue weighted by molar-refractivity contribution is 0.199. The van der Waals surface area contributed by atoms with E-state index in [4.69, 9.17) is 11.6 Å². The maximum Gasteiger partial charge on any atom is 0.383 e. The van der Waals surface area contributed by atoms with E-state index in [1.54, 1.807) is 7.05 Å². The first-order chi connectivity index (χ1) is 8.64. The van der Waals surface area contributed by atoms with Gasteiger partial charge in [-0.15, -0.1) is 4.41 Å². The Morgan fingerprint density at radius 2 is 2.26 bits per heavy atom. The predicted octanol–water partition coefficient (Wildman–Crippen LogP) is 0.414. The van der Waals surface area contributed by atoms with E-state index >= 15 is 0 Å². The fourth-order valence-electron chi connectivity index (χ4n) is 1.35. The molecule has 1 heterocycles. The molecule has 1 aliphatic rings. The minimum absolute atomic E-state index is 0.264. The highest BCUT2D eigenvalue weighted by atomic mass is 35.5. The molecule has 1 atom stereocenters. The summed E-state index contributed by atoms with van der Waals surface area (Å²) in [6.07, 6.45) is 1.37. The molecule has 0 aliphatic carbocycles. The quantitative estimate of drug-likeness (QED) is 0.331. The van der Waals surface area contributed by atoms with Crippen molar-refractivity contribution < 1.29 is 17.9 Å². The average Bonchev–Trinajstić information content (AvgIpc) is 2.60. The highest BCUT2D eigenvalue weighted by molar-refractivity contribution is 8.11. The summed E-state index contributed by atoms with van der Waals surface area (Å²) >= 11 is 6.36. The van der Waals surface area contributed by atoms with Gasteiger partial charge in [0.2, 0.25) is 0 Å². The summed E-state index contributed by atoms with van der Waals surface area (Å²) in [5.41, 5.74) is 2.72. The Morgan fingerprint density at radius 3 is 2.68 bits per heavy atom. The summed E-state index contributed by atoms with van der Waals surface area (Å²) in [5.74, 6) is 0. The van der Waals surface area contributed by atoms with Crippen LogP contribution in [0.5, 0.6) is 0 Å². The van der Waals surface area contributed by atoms with Crippen molar-refractivity contribution in [3.05, 3.63) is 11.2 Å². The van der Waals surface area contributed by atoms with Crippen LogP contribution in [0.15, 0.2) is 11.2 Å². The number of hydrogen-bond donors (Lipinski definition) is 2. The Balaban J connectivity index is 2.84. The number of halogens is 1. The number of carbonyl (C=O) groups excluding carboxylic acids is 1. The third-order valence-electron chi connectivity index (χ3n) is 2.43. The maximum atomic E-state index is 12.4. The summed E-state index contributed by atoms with van der Waals surface area (Å²) in [7, 11) is 0.239. The van der Waals surface area contributed by atoms with Crippen LogP contribution in [0.2, 0.25) is 0 Å². The smallest absolute Gasteiger partial charge is 0.383 e. The number of rotatable bonds is 4. The lowest BCUT2D eigenvalue weighted by Gasteiger charge is -2.29. The van der Waals surface area contributed by atoms with Crippen LogP contribution >= 0.6 is 23.5 Å². The Labute approximate surface area is 121 Å². The Morgan fingerprint density at radius 1 is 1.68 bits per heavy atom. The minimum atomic E-state index is -3.83. The van der Waals surface area contributed by atoms with E-state index in [0.29, 0.717) is 11.9 Å². The number of methoxy groups -OCH3 is 1. The molecule has 11 heteroatoms. The van der Waals surface area contributed by atoms with Gasteiger partial charge in [-0.2, -0.15) is 4.83 Å². The van der Waals surface area contributed by atoms with Crippen LogP contribution in [0.1, 0.15) is 6.92 Å². The zero-order valence-corrected chi connectivity index (χ0v) is 13.2. The third kappa shape index (κ3) is 3.33. The summed E-state index contributed by atoms with van der Waals surface area (Å²) in [6, 6.07) is 0. The average molecular weight is 331 g/mol. The first-order valence-electron chi connectivity index (χ1n) is 5.03. The molecule has 0 amide bonds. The maximum absolute atomic E-state index is 12.4. The zero-order valence-electron chi connectivity index (χ0n) is 10.8. The van der Waals surface area contributed by atoms with Gasteiger partial charge in [-0.3, -0.25) is 5.01 Å². The molecule has 0 fully saturated rings. The molecule has 0 aromatic rings. The summed E-state index contributed by atoms with van der Waals surface area (Å²) in [5, 5.41) is 0.998. The van der Waals surface area contributed by atoms with E-state index in [-0.39, 0.29) is 5.16 Å². The number of hydrogen-bond acceptors (Lipinski definition) is 8. The van der Waals surface area contributed by atoms with Gasteiger partial charge in [0.1, 0.15) is 5.16 Å². The fraction of sp³-hybridized carbons (Fsp3) is 0.625. The molecule has 2 N–H and O–H groups in total. The molecule has 1 aliphatic heterocycles. The van der Waals surface area contributed by atoms with Crippen LogP contribution in [0, 0.1) is 0 Å². The van der Waals surface area contributed by atoms with Crippen molar-refractivity contribution in [2.75, 3.05) is 21.2 Å². The molecule has 19 heavy (non-hydrogen) atoms. The van der Waals surface area contributed by atoms with Crippen LogP contribution in [0.4, 0.5) is 4.79 Å². The Kier molecular flexibility index (Phi) is 5.09. The highest BCUT2D eigenvalue weighted by Gasteiger charge is 2.45. The van der Waals surface area contributed by atoms with E-state index in [0.717, 1.165) is 4.41 Å². The molecule has 1 unspecified atom stereocenters. The van der Waals surface area contributed by atoms with Gasteiger partial charge in [-0.05, 0) is 13.0 Å². The van der Waals surface area contributed by atoms with Crippen molar-refractivity contribution in [1.82, 2.24) is 19.7 Å². The van der Waals surface area contributed by atoms with Gasteiger partial charge < -0.3 is 4.74 Å². The van der Waals surface area contributed by atoms with Gasteiger partial charge in [0.05, 0.1) is 19.1 Å². The molecule has 0 spiro atoms. The van der Waals surface area contributed by atoms with E-state index < -0.39 is 20.2 Å². The van der Waals surface area contributed by atoms with Crippen LogP contribution < -0.4 is 10.3 Å². The van der Waals surface area contributed by atoms with E-state index in [2.05, 4.69) is 15.0 Å². The third-order valence-corrected chi connectivity index (χ3v) is 5.70. The van der Waals surface area contributed by atoms with Crippen LogP contribution in [-0.2, 0) is 14.8 Å². The molecule has 110 valence electrons.